The molecule has 1 fully saturated rings. The third-order valence-corrected chi connectivity index (χ3v) is 6.20. The van der Waals surface area contributed by atoms with E-state index in [2.05, 4.69) is 22.5 Å². The van der Waals surface area contributed by atoms with Gasteiger partial charge >= 0.3 is 6.09 Å². The zero-order chi connectivity index (χ0) is 21.1. The van der Waals surface area contributed by atoms with E-state index >= 15 is 0 Å². The molecule has 29 heavy (non-hydrogen) atoms. The van der Waals surface area contributed by atoms with Gasteiger partial charge in [-0.05, 0) is 49.4 Å². The maximum Gasteiger partial charge on any atom is 0.410 e. The Morgan fingerprint density at radius 3 is 2.34 bits per heavy atom. The number of carbonyl (C=O) groups is 1. The largest absolute Gasteiger partial charge is 0.453 e. The minimum absolute atomic E-state index is 0.365. The van der Waals surface area contributed by atoms with Crippen LogP contribution < -0.4 is 0 Å². The zero-order valence-electron chi connectivity index (χ0n) is 17.0. The fourth-order valence-corrected chi connectivity index (χ4v) is 4.33. The first-order valence-corrected chi connectivity index (χ1v) is 10.6. The normalized spacial score (nSPS) is 16.6. The summed E-state index contributed by atoms with van der Waals surface area (Å²) < 4.78 is 6.12. The van der Waals surface area contributed by atoms with Gasteiger partial charge in [0.15, 0.2) is 0 Å². The predicted octanol–water partition coefficient (Wildman–Crippen LogP) is 5.75. The number of benzene rings is 2. The predicted molar refractivity (Wildman–Crippen MR) is 119 cm³/mol. The molecule has 0 radical (unpaired) electrons. The Bertz CT molecular complexity index is 861. The maximum absolute atomic E-state index is 12.7. The smallest absolute Gasteiger partial charge is 0.410 e. The summed E-state index contributed by atoms with van der Waals surface area (Å²) in [5, 5.41) is 11.5. The van der Waals surface area contributed by atoms with Gasteiger partial charge in [-0.25, -0.2) is 4.79 Å². The quantitative estimate of drug-likeness (QED) is 0.513. The van der Waals surface area contributed by atoms with Gasteiger partial charge < -0.3 is 9.84 Å². The number of amides is 1. The van der Waals surface area contributed by atoms with E-state index in [-0.39, 0.29) is 11.6 Å². The second-order valence-corrected chi connectivity index (χ2v) is 8.86. The molecular formula is C24H28BrNO3. The lowest BCUT2D eigenvalue weighted by atomic mass is 9.84. The van der Waals surface area contributed by atoms with Crippen molar-refractivity contribution in [3.63, 3.8) is 0 Å². The van der Waals surface area contributed by atoms with Crippen molar-refractivity contribution in [2.24, 2.45) is 0 Å². The third kappa shape index (κ3) is 4.73. The number of carbonyl (C=O) groups excluding carboxylic acids is 1. The summed E-state index contributed by atoms with van der Waals surface area (Å²) in [5.74, 6) is 0. The van der Waals surface area contributed by atoms with Crippen molar-refractivity contribution in [1.29, 1.82) is 0 Å². The number of aliphatic hydroxyl groups is 1. The van der Waals surface area contributed by atoms with Gasteiger partial charge in [-0.3, -0.25) is 4.90 Å². The van der Waals surface area contributed by atoms with Gasteiger partial charge in [0, 0.05) is 17.4 Å². The van der Waals surface area contributed by atoms with E-state index in [1.807, 2.05) is 61.5 Å². The van der Waals surface area contributed by atoms with Crippen LogP contribution in [-0.4, -0.2) is 29.8 Å². The van der Waals surface area contributed by atoms with Crippen LogP contribution in [0.3, 0.4) is 0 Å². The number of hydrogen-bond donors (Lipinski definition) is 1. The number of halogens is 1. The molecule has 1 N–H and O–H groups in total. The van der Waals surface area contributed by atoms with Crippen LogP contribution in [0, 0.1) is 0 Å². The third-order valence-electron chi connectivity index (χ3n) is 5.67. The molecule has 0 aliphatic heterocycles. The molecule has 1 unspecified atom stereocenters. The first-order chi connectivity index (χ1) is 13.8. The summed E-state index contributed by atoms with van der Waals surface area (Å²) in [6.45, 7) is 6.29. The first-order valence-electron chi connectivity index (χ1n) is 9.85. The van der Waals surface area contributed by atoms with Crippen molar-refractivity contribution in [3.8, 4) is 0 Å². The Hall–Kier alpha value is -2.11. The molecule has 5 heteroatoms. The lowest BCUT2D eigenvalue weighted by molar-refractivity contribution is 0.0107. The van der Waals surface area contributed by atoms with Gasteiger partial charge in [-0.2, -0.15) is 0 Å². The average molecular weight is 458 g/mol. The highest BCUT2D eigenvalue weighted by Crippen LogP contribution is 2.52. The Labute approximate surface area is 181 Å². The Kier molecular flexibility index (Phi) is 6.49. The Morgan fingerprint density at radius 1 is 1.21 bits per heavy atom. The molecule has 3 rings (SSSR count). The van der Waals surface area contributed by atoms with E-state index in [9.17, 15) is 9.90 Å². The number of hydrogen-bond acceptors (Lipinski definition) is 3. The van der Waals surface area contributed by atoms with Crippen molar-refractivity contribution in [3.05, 3.63) is 82.3 Å². The molecule has 1 atom stereocenters. The van der Waals surface area contributed by atoms with E-state index in [1.165, 1.54) is 7.11 Å². The summed E-state index contributed by atoms with van der Waals surface area (Å²) in [5.41, 5.74) is 1.37. The molecule has 1 aliphatic carbocycles. The fraction of sp³-hybridized carbons (Fsp3) is 0.375. The van der Waals surface area contributed by atoms with Crippen molar-refractivity contribution in [2.75, 3.05) is 13.7 Å². The molecule has 2 aromatic rings. The second kappa shape index (κ2) is 8.72. The van der Waals surface area contributed by atoms with E-state index < -0.39 is 5.60 Å². The maximum atomic E-state index is 12.7. The molecule has 0 bridgehead atoms. The van der Waals surface area contributed by atoms with Crippen LogP contribution in [0.5, 0.6) is 0 Å². The second-order valence-electron chi connectivity index (χ2n) is 7.94. The Morgan fingerprint density at radius 2 is 1.83 bits per heavy atom. The fourth-order valence-electron chi connectivity index (χ4n) is 4.06. The standard InChI is InChI=1S/C24H28BrNO3/c1-18(2)17-24(28,20-7-5-4-6-8-20)15-16-26(22(27)29-3)23(13-14-23)19-9-11-21(25)12-10-19/h4-12,28H,1,13-17H2,2-3H3. The number of rotatable bonds is 8. The van der Waals surface area contributed by atoms with Crippen LogP contribution in [0.25, 0.3) is 0 Å². The molecule has 4 nitrogen and oxygen atoms in total. The van der Waals surface area contributed by atoms with Gasteiger partial charge in [0.1, 0.15) is 0 Å². The van der Waals surface area contributed by atoms with E-state index in [0.717, 1.165) is 34.0 Å². The van der Waals surface area contributed by atoms with Crippen LogP contribution in [0.4, 0.5) is 4.79 Å². The number of ether oxygens (including phenoxy) is 1. The molecule has 0 saturated heterocycles. The summed E-state index contributed by atoms with van der Waals surface area (Å²) in [6, 6.07) is 17.7. The molecule has 1 saturated carbocycles. The topological polar surface area (TPSA) is 49.8 Å². The lowest BCUT2D eigenvalue weighted by Gasteiger charge is -2.36. The summed E-state index contributed by atoms with van der Waals surface area (Å²) in [6.07, 6.45) is 2.24. The average Bonchev–Trinajstić information content (AvgIpc) is 3.50. The molecule has 0 heterocycles. The monoisotopic (exact) mass is 457 g/mol. The van der Waals surface area contributed by atoms with Crippen LogP contribution in [-0.2, 0) is 15.9 Å². The van der Waals surface area contributed by atoms with Gasteiger partial charge in [0.2, 0.25) is 0 Å². The van der Waals surface area contributed by atoms with E-state index in [1.54, 1.807) is 4.90 Å². The highest BCUT2D eigenvalue weighted by Gasteiger charge is 2.52. The minimum atomic E-state index is -1.09. The summed E-state index contributed by atoms with van der Waals surface area (Å²) in [4.78, 5) is 14.5. The molecule has 0 aromatic heterocycles. The van der Waals surface area contributed by atoms with E-state index in [4.69, 9.17) is 4.74 Å². The summed E-state index contributed by atoms with van der Waals surface area (Å²) >= 11 is 3.47. The molecule has 2 aromatic carbocycles. The van der Waals surface area contributed by atoms with Crippen LogP contribution in [0.2, 0.25) is 0 Å². The van der Waals surface area contributed by atoms with Crippen LogP contribution >= 0.6 is 15.9 Å². The van der Waals surface area contributed by atoms with Gasteiger partial charge in [0.25, 0.3) is 0 Å². The number of nitrogens with zero attached hydrogens (tertiary/aromatic N) is 1. The summed E-state index contributed by atoms with van der Waals surface area (Å²) in [7, 11) is 1.41. The SMILES string of the molecule is C=C(C)CC(O)(CCN(C(=O)OC)C1(c2ccc(Br)cc2)CC1)c1ccccc1. The Balaban J connectivity index is 1.87. The van der Waals surface area contributed by atoms with Gasteiger partial charge in [-0.1, -0.05) is 64.0 Å². The molecule has 1 aliphatic rings. The van der Waals surface area contributed by atoms with Crippen molar-refractivity contribution < 1.29 is 14.6 Å². The molecule has 154 valence electrons. The van der Waals surface area contributed by atoms with Crippen LogP contribution in [0.15, 0.2) is 71.2 Å². The molecule has 0 spiro atoms. The van der Waals surface area contributed by atoms with Crippen LogP contribution in [0.1, 0.15) is 43.7 Å². The highest BCUT2D eigenvalue weighted by atomic mass is 79.9. The van der Waals surface area contributed by atoms with E-state index in [0.29, 0.717) is 19.4 Å². The lowest BCUT2D eigenvalue weighted by Crippen LogP contribution is -2.43. The van der Waals surface area contributed by atoms with Gasteiger partial charge in [0.05, 0.1) is 18.2 Å². The van der Waals surface area contributed by atoms with Crippen molar-refractivity contribution in [2.45, 2.75) is 43.7 Å². The zero-order valence-corrected chi connectivity index (χ0v) is 18.6. The minimum Gasteiger partial charge on any atom is -0.453 e. The first kappa shape index (κ1) is 21.6. The number of methoxy groups -OCH3 is 1. The van der Waals surface area contributed by atoms with Crippen molar-refractivity contribution in [1.82, 2.24) is 4.90 Å². The highest BCUT2D eigenvalue weighted by molar-refractivity contribution is 9.10. The van der Waals surface area contributed by atoms with Crippen molar-refractivity contribution >= 4 is 22.0 Å². The molecular weight excluding hydrogens is 430 g/mol. The molecule has 1 amide bonds. The van der Waals surface area contributed by atoms with Gasteiger partial charge in [-0.15, -0.1) is 6.58 Å².